The molecule has 0 heterocycles. The number of hydrogen-bond donors (Lipinski definition) is 4. The third-order valence-electron chi connectivity index (χ3n) is 7.81. The van der Waals surface area contributed by atoms with Gasteiger partial charge >= 0.3 is 0 Å². The van der Waals surface area contributed by atoms with Crippen LogP contribution in [0, 0.1) is 0 Å². The van der Waals surface area contributed by atoms with Gasteiger partial charge in [-0.1, -0.05) is 133 Å². The van der Waals surface area contributed by atoms with Gasteiger partial charge in [-0.3, -0.25) is 9.35 Å². The molecule has 0 aliphatic rings. The summed E-state index contributed by atoms with van der Waals surface area (Å²) in [5, 5.41) is 23.2. The summed E-state index contributed by atoms with van der Waals surface area (Å²) < 4.78 is 32.3. The van der Waals surface area contributed by atoms with Crippen molar-refractivity contribution in [2.24, 2.45) is 0 Å². The highest BCUT2D eigenvalue weighted by atomic mass is 32.2. The van der Waals surface area contributed by atoms with Crippen molar-refractivity contribution >= 4 is 16.0 Å². The minimum absolute atomic E-state index is 0.262. The smallest absolute Gasteiger partial charge is 0.267 e. The van der Waals surface area contributed by atoms with Crippen LogP contribution in [0.2, 0.25) is 0 Å². The van der Waals surface area contributed by atoms with Gasteiger partial charge in [0.05, 0.1) is 17.9 Å². The van der Waals surface area contributed by atoms with E-state index in [4.69, 9.17) is 0 Å². The summed E-state index contributed by atoms with van der Waals surface area (Å²) in [6.07, 6.45) is 37.3. The first-order valence-electron chi connectivity index (χ1n) is 17.9. The number of unbranched alkanes of at least 4 members (excludes halogenated alkanes) is 16. The van der Waals surface area contributed by atoms with Crippen molar-refractivity contribution in [1.82, 2.24) is 5.32 Å². The summed E-state index contributed by atoms with van der Waals surface area (Å²) in [5.74, 6) is -1.58. The molecule has 4 N–H and O–H groups in total. The van der Waals surface area contributed by atoms with Gasteiger partial charge < -0.3 is 15.5 Å². The zero-order valence-electron chi connectivity index (χ0n) is 28.6. The second-order valence-electron chi connectivity index (χ2n) is 12.3. The minimum Gasteiger partial charge on any atom is -0.387 e. The van der Waals surface area contributed by atoms with E-state index >= 15 is 0 Å². The molecule has 3 atom stereocenters. The summed E-state index contributed by atoms with van der Waals surface area (Å²) in [4.78, 5) is 12.5. The molecule has 0 bridgehead atoms. The molecule has 262 valence electrons. The van der Waals surface area contributed by atoms with Crippen LogP contribution in [-0.2, 0) is 14.9 Å². The van der Waals surface area contributed by atoms with Crippen molar-refractivity contribution in [3.05, 3.63) is 48.6 Å². The summed E-state index contributed by atoms with van der Waals surface area (Å²) in [6, 6.07) is -1.26. The second kappa shape index (κ2) is 30.9. The molecule has 0 aromatic heterocycles. The number of nitrogens with one attached hydrogen (secondary N) is 1. The van der Waals surface area contributed by atoms with Crippen molar-refractivity contribution < 1.29 is 28.0 Å². The average molecular weight is 654 g/mol. The maximum Gasteiger partial charge on any atom is 0.267 e. The normalized spacial score (nSPS) is 14.7. The molecule has 0 radical (unpaired) electrons. The molecule has 0 spiro atoms. The minimum atomic E-state index is -4.45. The molecule has 8 heteroatoms. The highest BCUT2D eigenvalue weighted by molar-refractivity contribution is 7.85. The molecule has 0 saturated carbocycles. The van der Waals surface area contributed by atoms with Crippen LogP contribution in [0.5, 0.6) is 0 Å². The van der Waals surface area contributed by atoms with Gasteiger partial charge in [0.2, 0.25) is 5.91 Å². The van der Waals surface area contributed by atoms with Crippen molar-refractivity contribution in [3.63, 3.8) is 0 Å². The Morgan fingerprint density at radius 3 is 1.47 bits per heavy atom. The van der Waals surface area contributed by atoms with E-state index in [1.54, 1.807) is 6.08 Å². The molecule has 1 amide bonds. The van der Waals surface area contributed by atoms with Crippen LogP contribution in [0.3, 0.4) is 0 Å². The van der Waals surface area contributed by atoms with E-state index in [2.05, 4.69) is 55.6 Å². The fourth-order valence-corrected chi connectivity index (χ4v) is 5.74. The molecule has 0 aliphatic heterocycles. The third-order valence-corrected chi connectivity index (χ3v) is 8.59. The van der Waals surface area contributed by atoms with Gasteiger partial charge in [0.15, 0.2) is 0 Å². The van der Waals surface area contributed by atoms with E-state index in [1.165, 1.54) is 76.7 Å². The van der Waals surface area contributed by atoms with Gasteiger partial charge in [-0.05, 0) is 70.6 Å². The van der Waals surface area contributed by atoms with E-state index < -0.39 is 40.0 Å². The Morgan fingerprint density at radius 2 is 1.00 bits per heavy atom. The highest BCUT2D eigenvalue weighted by Gasteiger charge is 2.27. The topological polar surface area (TPSA) is 124 Å². The maximum absolute atomic E-state index is 12.5. The van der Waals surface area contributed by atoms with Gasteiger partial charge in [0.25, 0.3) is 10.1 Å². The van der Waals surface area contributed by atoms with E-state index in [-0.39, 0.29) is 6.42 Å². The summed E-state index contributed by atoms with van der Waals surface area (Å²) >= 11 is 0. The summed E-state index contributed by atoms with van der Waals surface area (Å²) in [7, 11) is -4.45. The molecule has 0 rings (SSSR count). The van der Waals surface area contributed by atoms with E-state index in [0.29, 0.717) is 12.8 Å². The fraction of sp³-hybridized carbons (Fsp3) is 0.757. The fourth-order valence-electron chi connectivity index (χ4n) is 5.01. The Hall–Kier alpha value is -1.74. The zero-order valence-corrected chi connectivity index (χ0v) is 29.4. The first kappa shape index (κ1) is 43.3. The predicted molar refractivity (Wildman–Crippen MR) is 190 cm³/mol. The maximum atomic E-state index is 12.5. The largest absolute Gasteiger partial charge is 0.387 e. The Labute approximate surface area is 276 Å². The molecular formula is C37H67NO6S. The first-order chi connectivity index (χ1) is 21.7. The van der Waals surface area contributed by atoms with Crippen molar-refractivity contribution in [2.45, 2.75) is 173 Å². The zero-order chi connectivity index (χ0) is 33.4. The van der Waals surface area contributed by atoms with E-state index in [9.17, 15) is 28.0 Å². The van der Waals surface area contributed by atoms with Gasteiger partial charge in [-0.25, -0.2) is 0 Å². The number of allylic oxidation sites excluding steroid dienone is 7. The van der Waals surface area contributed by atoms with Crippen LogP contribution in [0.4, 0.5) is 0 Å². The molecule has 3 unspecified atom stereocenters. The molecule has 0 aromatic rings. The SMILES string of the molecule is CCCCCC/C=C\CCCCCCCCC(O)C(=O)NC(CS(=O)(=O)O)C(O)/C=C/CC/C=C/CC/C=C/CCCCCC. The van der Waals surface area contributed by atoms with Gasteiger partial charge in [0.1, 0.15) is 6.10 Å². The van der Waals surface area contributed by atoms with Crippen molar-refractivity contribution in [2.75, 3.05) is 5.75 Å². The molecular weight excluding hydrogens is 586 g/mol. The Morgan fingerprint density at radius 1 is 0.600 bits per heavy atom. The molecule has 0 aromatic carbocycles. The molecule has 0 fully saturated rings. The Balaban J connectivity index is 4.24. The van der Waals surface area contributed by atoms with Gasteiger partial charge in [-0.15, -0.1) is 0 Å². The summed E-state index contributed by atoms with van der Waals surface area (Å²) in [6.45, 7) is 4.44. The lowest BCUT2D eigenvalue weighted by molar-refractivity contribution is -0.130. The molecule has 7 nitrogen and oxygen atoms in total. The predicted octanol–water partition coefficient (Wildman–Crippen LogP) is 8.93. The number of amides is 1. The molecule has 0 saturated heterocycles. The molecule has 0 aliphatic carbocycles. The number of carbonyl (C=O) groups is 1. The Kier molecular flexibility index (Phi) is 29.7. The number of aliphatic hydroxyl groups is 2. The van der Waals surface area contributed by atoms with E-state index in [1.807, 2.05) is 0 Å². The standard InChI is InChI=1S/C37H67NO6S/c1-3-5-7-9-11-13-15-17-19-21-23-25-27-29-31-35(39)34(33-45(42,43)44)38-37(41)36(40)32-30-28-26-24-22-20-18-16-14-12-10-8-6-4-2/h13-16,21,23,29,31,34-36,39-40H,3-12,17-20,22,24-28,30,32-33H2,1-2H3,(H,38,41)(H,42,43,44)/b15-13+,16-14-,23-21+,31-29+. The highest BCUT2D eigenvalue weighted by Crippen LogP contribution is 2.12. The van der Waals surface area contributed by atoms with Crippen LogP contribution < -0.4 is 5.32 Å². The number of aliphatic hydroxyl groups excluding tert-OH is 2. The lowest BCUT2D eigenvalue weighted by Gasteiger charge is -2.22. The quantitative estimate of drug-likeness (QED) is 0.0336. The Bertz CT molecular complexity index is 912. The van der Waals surface area contributed by atoms with Crippen LogP contribution in [-0.4, -0.2) is 53.1 Å². The summed E-state index contributed by atoms with van der Waals surface area (Å²) in [5.41, 5.74) is 0. The second-order valence-corrected chi connectivity index (χ2v) is 13.8. The lowest BCUT2D eigenvalue weighted by atomic mass is 10.0. The number of carbonyl (C=O) groups excluding carboxylic acids is 1. The van der Waals surface area contributed by atoms with Gasteiger partial charge in [0, 0.05) is 0 Å². The van der Waals surface area contributed by atoms with Crippen LogP contribution >= 0.6 is 0 Å². The van der Waals surface area contributed by atoms with Crippen molar-refractivity contribution in [3.8, 4) is 0 Å². The molecule has 45 heavy (non-hydrogen) atoms. The first-order valence-corrected chi connectivity index (χ1v) is 19.6. The number of hydrogen-bond acceptors (Lipinski definition) is 5. The average Bonchev–Trinajstić information content (AvgIpc) is 3.00. The monoisotopic (exact) mass is 653 g/mol. The van der Waals surface area contributed by atoms with Crippen LogP contribution in [0.15, 0.2) is 48.6 Å². The third kappa shape index (κ3) is 30.7. The lowest BCUT2D eigenvalue weighted by Crippen LogP contribution is -2.50. The van der Waals surface area contributed by atoms with Crippen LogP contribution in [0.1, 0.15) is 155 Å². The van der Waals surface area contributed by atoms with Crippen LogP contribution in [0.25, 0.3) is 0 Å². The van der Waals surface area contributed by atoms with Crippen molar-refractivity contribution in [1.29, 1.82) is 0 Å². The van der Waals surface area contributed by atoms with Gasteiger partial charge in [-0.2, -0.15) is 8.42 Å². The van der Waals surface area contributed by atoms with E-state index in [0.717, 1.165) is 51.4 Å². The number of rotatable bonds is 31.